The molecule has 2 aromatic carbocycles. The first-order valence-electron chi connectivity index (χ1n) is 9.09. The van der Waals surface area contributed by atoms with Crippen molar-refractivity contribution in [1.29, 1.82) is 0 Å². The van der Waals surface area contributed by atoms with Gasteiger partial charge in [-0.3, -0.25) is 4.79 Å². The summed E-state index contributed by atoms with van der Waals surface area (Å²) in [5.41, 5.74) is 2.67. The van der Waals surface area contributed by atoms with Gasteiger partial charge in [0.2, 0.25) is 5.91 Å². The number of carbonyl (C=O) groups is 1. The van der Waals surface area contributed by atoms with Crippen LogP contribution >= 0.6 is 0 Å². The second-order valence-corrected chi connectivity index (χ2v) is 7.03. The van der Waals surface area contributed by atoms with Crippen molar-refractivity contribution in [3.8, 4) is 0 Å². The lowest BCUT2D eigenvalue weighted by Crippen LogP contribution is -2.39. The van der Waals surface area contributed by atoms with Crippen LogP contribution < -0.4 is 0 Å². The highest BCUT2D eigenvalue weighted by Gasteiger charge is 2.24. The highest BCUT2D eigenvalue weighted by Crippen LogP contribution is 2.24. The molecule has 0 aliphatic carbocycles. The molecule has 0 radical (unpaired) electrons. The van der Waals surface area contributed by atoms with Gasteiger partial charge in [-0.2, -0.15) is 0 Å². The Bertz CT molecular complexity index is 630. The lowest BCUT2D eigenvalue weighted by molar-refractivity contribution is -0.132. The highest BCUT2D eigenvalue weighted by molar-refractivity contribution is 5.77. The van der Waals surface area contributed by atoms with Crippen molar-refractivity contribution in [2.75, 3.05) is 13.1 Å². The van der Waals surface area contributed by atoms with Crippen molar-refractivity contribution in [2.24, 2.45) is 5.92 Å². The van der Waals surface area contributed by atoms with Crippen LogP contribution in [0.1, 0.15) is 43.2 Å². The number of nitrogens with zero attached hydrogens (tertiary/aromatic N) is 1. The Morgan fingerprint density at radius 3 is 2.21 bits per heavy atom. The zero-order valence-corrected chi connectivity index (χ0v) is 14.5. The Morgan fingerprint density at radius 1 is 1.00 bits per heavy atom. The molecule has 24 heavy (non-hydrogen) atoms. The van der Waals surface area contributed by atoms with Gasteiger partial charge in [-0.05, 0) is 42.2 Å². The molecule has 2 heteroatoms. The molecule has 1 fully saturated rings. The first kappa shape index (κ1) is 16.8. The summed E-state index contributed by atoms with van der Waals surface area (Å²) in [6.07, 6.45) is 4.01. The number of likely N-dealkylation sites (tertiary alicyclic amines) is 1. The van der Waals surface area contributed by atoms with E-state index in [1.165, 1.54) is 11.1 Å². The summed E-state index contributed by atoms with van der Waals surface area (Å²) in [5, 5.41) is 0. The quantitative estimate of drug-likeness (QED) is 0.784. The Morgan fingerprint density at radius 2 is 1.58 bits per heavy atom. The van der Waals surface area contributed by atoms with Crippen molar-refractivity contribution in [1.82, 2.24) is 4.90 Å². The van der Waals surface area contributed by atoms with Gasteiger partial charge in [0.15, 0.2) is 0 Å². The minimum absolute atomic E-state index is 0.292. The Kier molecular flexibility index (Phi) is 5.68. The van der Waals surface area contributed by atoms with Crippen LogP contribution in [0, 0.1) is 5.92 Å². The maximum atomic E-state index is 12.6. The molecule has 0 saturated carbocycles. The third kappa shape index (κ3) is 4.47. The highest BCUT2D eigenvalue weighted by atomic mass is 16.2. The second kappa shape index (κ2) is 8.14. The fourth-order valence-electron chi connectivity index (χ4n) is 3.62. The molecular weight excluding hydrogens is 294 g/mol. The van der Waals surface area contributed by atoms with Crippen molar-refractivity contribution in [3.63, 3.8) is 0 Å². The monoisotopic (exact) mass is 321 g/mol. The number of hydrogen-bond donors (Lipinski definition) is 0. The standard InChI is InChI=1S/C22H27NO/c1-18(21-10-6-3-7-11-21)16-22(24)23-14-12-20(13-15-23)17-19-8-4-2-5-9-19/h2-11,18,20H,12-17H2,1H3/t18-/m0/s1. The molecular formula is C22H27NO. The third-order valence-electron chi connectivity index (χ3n) is 5.18. The summed E-state index contributed by atoms with van der Waals surface area (Å²) in [4.78, 5) is 14.6. The second-order valence-electron chi connectivity index (χ2n) is 7.03. The normalized spacial score (nSPS) is 16.8. The fraction of sp³-hybridized carbons (Fsp3) is 0.409. The van der Waals surface area contributed by atoms with E-state index in [4.69, 9.17) is 0 Å². The van der Waals surface area contributed by atoms with Crippen molar-refractivity contribution in [2.45, 2.75) is 38.5 Å². The van der Waals surface area contributed by atoms with Crippen LogP contribution in [-0.2, 0) is 11.2 Å². The van der Waals surface area contributed by atoms with E-state index in [1.807, 2.05) is 18.2 Å². The maximum Gasteiger partial charge on any atom is 0.223 e. The van der Waals surface area contributed by atoms with Crippen molar-refractivity contribution in [3.05, 3.63) is 71.8 Å². The Labute approximate surface area is 145 Å². The summed E-state index contributed by atoms with van der Waals surface area (Å²) in [5.74, 6) is 1.31. The molecule has 126 valence electrons. The molecule has 1 saturated heterocycles. The number of benzene rings is 2. The number of amides is 1. The number of hydrogen-bond acceptors (Lipinski definition) is 1. The lowest BCUT2D eigenvalue weighted by atomic mass is 9.89. The maximum absolute atomic E-state index is 12.6. The predicted molar refractivity (Wildman–Crippen MR) is 98.9 cm³/mol. The van der Waals surface area contributed by atoms with E-state index in [0.29, 0.717) is 24.2 Å². The number of piperidine rings is 1. The minimum atomic E-state index is 0.292. The van der Waals surface area contributed by atoms with E-state index in [1.54, 1.807) is 0 Å². The van der Waals surface area contributed by atoms with Crippen molar-refractivity contribution >= 4 is 5.91 Å². The van der Waals surface area contributed by atoms with E-state index in [0.717, 1.165) is 32.4 Å². The SMILES string of the molecule is C[C@@H](CC(=O)N1CCC(Cc2ccccc2)CC1)c1ccccc1. The van der Waals surface area contributed by atoms with E-state index in [9.17, 15) is 4.79 Å². The van der Waals surface area contributed by atoms with Gasteiger partial charge in [-0.1, -0.05) is 67.6 Å². The van der Waals surface area contributed by atoms with Gasteiger partial charge in [0, 0.05) is 19.5 Å². The molecule has 0 aromatic heterocycles. The zero-order chi connectivity index (χ0) is 16.8. The van der Waals surface area contributed by atoms with Crippen LogP contribution in [0.5, 0.6) is 0 Å². The van der Waals surface area contributed by atoms with Gasteiger partial charge in [0.1, 0.15) is 0 Å². The van der Waals surface area contributed by atoms with Crippen LogP contribution in [0.3, 0.4) is 0 Å². The van der Waals surface area contributed by atoms with Gasteiger partial charge in [0.05, 0.1) is 0 Å². The average Bonchev–Trinajstić information content (AvgIpc) is 2.64. The molecule has 0 N–H and O–H groups in total. The average molecular weight is 321 g/mol. The topological polar surface area (TPSA) is 20.3 Å². The summed E-state index contributed by atoms with van der Waals surface area (Å²) in [6.45, 7) is 3.98. The predicted octanol–water partition coefficient (Wildman–Crippen LogP) is 4.66. The molecule has 1 heterocycles. The first-order chi connectivity index (χ1) is 11.7. The molecule has 1 aliphatic heterocycles. The molecule has 0 unspecified atom stereocenters. The Balaban J connectivity index is 1.47. The molecule has 0 spiro atoms. The summed E-state index contributed by atoms with van der Waals surface area (Å²) >= 11 is 0. The zero-order valence-electron chi connectivity index (χ0n) is 14.5. The molecule has 1 amide bonds. The molecule has 2 nitrogen and oxygen atoms in total. The van der Waals surface area contributed by atoms with E-state index in [2.05, 4.69) is 54.3 Å². The van der Waals surface area contributed by atoms with Crippen LogP contribution in [0.15, 0.2) is 60.7 Å². The van der Waals surface area contributed by atoms with E-state index < -0.39 is 0 Å². The van der Waals surface area contributed by atoms with Gasteiger partial charge < -0.3 is 4.90 Å². The third-order valence-corrected chi connectivity index (χ3v) is 5.18. The van der Waals surface area contributed by atoms with Crippen LogP contribution in [-0.4, -0.2) is 23.9 Å². The molecule has 2 aromatic rings. The van der Waals surface area contributed by atoms with Crippen LogP contribution in [0.4, 0.5) is 0 Å². The van der Waals surface area contributed by atoms with Gasteiger partial charge in [-0.25, -0.2) is 0 Å². The largest absolute Gasteiger partial charge is 0.343 e. The van der Waals surface area contributed by atoms with Gasteiger partial charge in [0.25, 0.3) is 0 Å². The number of carbonyl (C=O) groups excluding carboxylic acids is 1. The van der Waals surface area contributed by atoms with Crippen molar-refractivity contribution < 1.29 is 4.79 Å². The number of rotatable bonds is 5. The van der Waals surface area contributed by atoms with E-state index >= 15 is 0 Å². The lowest BCUT2D eigenvalue weighted by Gasteiger charge is -2.33. The molecule has 1 atom stereocenters. The van der Waals surface area contributed by atoms with Gasteiger partial charge in [-0.15, -0.1) is 0 Å². The van der Waals surface area contributed by atoms with Crippen LogP contribution in [0.25, 0.3) is 0 Å². The summed E-state index contributed by atoms with van der Waals surface area (Å²) in [6, 6.07) is 21.1. The smallest absolute Gasteiger partial charge is 0.223 e. The molecule has 0 bridgehead atoms. The van der Waals surface area contributed by atoms with Gasteiger partial charge >= 0.3 is 0 Å². The first-order valence-corrected chi connectivity index (χ1v) is 9.09. The summed E-state index contributed by atoms with van der Waals surface area (Å²) in [7, 11) is 0. The molecule has 3 rings (SSSR count). The summed E-state index contributed by atoms with van der Waals surface area (Å²) < 4.78 is 0. The fourth-order valence-corrected chi connectivity index (χ4v) is 3.62. The Hall–Kier alpha value is -2.09. The minimum Gasteiger partial charge on any atom is -0.343 e. The molecule has 1 aliphatic rings. The van der Waals surface area contributed by atoms with E-state index in [-0.39, 0.29) is 0 Å². The van der Waals surface area contributed by atoms with Crippen LogP contribution in [0.2, 0.25) is 0 Å².